The van der Waals surface area contributed by atoms with E-state index in [0.29, 0.717) is 17.9 Å². The third-order valence-electron chi connectivity index (χ3n) is 4.84. The van der Waals surface area contributed by atoms with Crippen LogP contribution in [-0.4, -0.2) is 16.9 Å². The molecule has 0 radical (unpaired) electrons. The van der Waals surface area contributed by atoms with Crippen LogP contribution < -0.4 is 0 Å². The molecule has 1 saturated carbocycles. The van der Waals surface area contributed by atoms with Crippen LogP contribution in [0, 0.1) is 11.3 Å². The number of carboxylic acids is 1. The minimum absolute atomic E-state index is 0.0832. The van der Waals surface area contributed by atoms with Crippen LogP contribution in [0.5, 0.6) is 0 Å². The van der Waals surface area contributed by atoms with Crippen LogP contribution >= 0.6 is 0 Å². The monoisotopic (exact) mass is 288 g/mol. The van der Waals surface area contributed by atoms with Crippen molar-refractivity contribution in [3.8, 4) is 0 Å². The van der Waals surface area contributed by atoms with Gasteiger partial charge in [0.25, 0.3) is 0 Å². The lowest BCUT2D eigenvalue weighted by atomic mass is 9.69. The van der Waals surface area contributed by atoms with Crippen molar-refractivity contribution < 1.29 is 14.7 Å². The minimum atomic E-state index is -0.779. The van der Waals surface area contributed by atoms with Gasteiger partial charge in [0, 0.05) is 12.0 Å². The van der Waals surface area contributed by atoms with Crippen molar-refractivity contribution in [2.24, 2.45) is 11.3 Å². The average Bonchev–Trinajstić information content (AvgIpc) is 2.82. The van der Waals surface area contributed by atoms with Gasteiger partial charge in [0.2, 0.25) is 0 Å². The molecule has 1 aromatic rings. The average molecular weight is 288 g/mol. The van der Waals surface area contributed by atoms with Crippen molar-refractivity contribution in [3.63, 3.8) is 0 Å². The molecule has 0 heterocycles. The summed E-state index contributed by atoms with van der Waals surface area (Å²) < 4.78 is 0. The van der Waals surface area contributed by atoms with E-state index < -0.39 is 5.97 Å². The zero-order valence-corrected chi connectivity index (χ0v) is 12.7. The Kier molecular flexibility index (Phi) is 5.16. The van der Waals surface area contributed by atoms with Gasteiger partial charge in [-0.05, 0) is 24.2 Å². The molecule has 0 aromatic heterocycles. The molecule has 1 N–H and O–H groups in total. The fraction of sp³-hybridized carbons (Fsp3) is 0.556. The number of ketones is 1. The van der Waals surface area contributed by atoms with Gasteiger partial charge in [0.1, 0.15) is 0 Å². The van der Waals surface area contributed by atoms with Crippen LogP contribution in [0.2, 0.25) is 0 Å². The summed E-state index contributed by atoms with van der Waals surface area (Å²) in [6, 6.07) is 9.24. The maximum absolute atomic E-state index is 12.5. The zero-order valence-electron chi connectivity index (χ0n) is 12.7. The van der Waals surface area contributed by atoms with E-state index in [0.717, 1.165) is 32.1 Å². The molecule has 2 unspecified atom stereocenters. The highest BCUT2D eigenvalue weighted by molar-refractivity contribution is 5.96. The van der Waals surface area contributed by atoms with E-state index in [1.54, 1.807) is 0 Å². The molecule has 1 aliphatic carbocycles. The van der Waals surface area contributed by atoms with E-state index in [-0.39, 0.29) is 17.6 Å². The van der Waals surface area contributed by atoms with E-state index >= 15 is 0 Å². The van der Waals surface area contributed by atoms with E-state index in [1.807, 2.05) is 30.3 Å². The van der Waals surface area contributed by atoms with E-state index in [9.17, 15) is 14.7 Å². The van der Waals surface area contributed by atoms with E-state index in [2.05, 4.69) is 6.92 Å². The molecule has 0 aliphatic heterocycles. The number of Topliss-reactive ketones (excluding diaryl/α,β-unsaturated/α-hetero) is 1. The van der Waals surface area contributed by atoms with Gasteiger partial charge < -0.3 is 5.11 Å². The lowest BCUT2D eigenvalue weighted by molar-refractivity contribution is -0.140. The molecule has 3 nitrogen and oxygen atoms in total. The Balaban J connectivity index is 2.20. The van der Waals surface area contributed by atoms with Crippen LogP contribution in [0.1, 0.15) is 62.2 Å². The molecule has 2 atom stereocenters. The summed E-state index contributed by atoms with van der Waals surface area (Å²) >= 11 is 0. The molecule has 0 spiro atoms. The molecule has 3 heteroatoms. The lowest BCUT2D eigenvalue weighted by Gasteiger charge is -2.34. The molecule has 21 heavy (non-hydrogen) atoms. The largest absolute Gasteiger partial charge is 0.481 e. The Labute approximate surface area is 126 Å². The zero-order chi connectivity index (χ0) is 15.3. The third kappa shape index (κ3) is 3.72. The van der Waals surface area contributed by atoms with Crippen molar-refractivity contribution in [1.29, 1.82) is 0 Å². The Morgan fingerprint density at radius 2 is 1.95 bits per heavy atom. The Morgan fingerprint density at radius 3 is 2.57 bits per heavy atom. The Bertz CT molecular complexity index is 494. The van der Waals surface area contributed by atoms with Crippen LogP contribution in [-0.2, 0) is 4.79 Å². The number of carboxylic acid groups (broad SMARTS) is 1. The normalized spacial score (nSPS) is 24.9. The Hall–Kier alpha value is -1.64. The summed E-state index contributed by atoms with van der Waals surface area (Å²) in [7, 11) is 0. The summed E-state index contributed by atoms with van der Waals surface area (Å²) in [5.41, 5.74) is 0.360. The number of carbonyl (C=O) groups excluding carboxylic acids is 1. The maximum atomic E-state index is 12.5. The molecular weight excluding hydrogens is 264 g/mol. The van der Waals surface area contributed by atoms with Crippen LogP contribution in [0.15, 0.2) is 30.3 Å². The number of rotatable bonds is 7. The third-order valence-corrected chi connectivity index (χ3v) is 4.84. The van der Waals surface area contributed by atoms with Crippen LogP contribution in [0.4, 0.5) is 0 Å². The highest BCUT2D eigenvalue weighted by Crippen LogP contribution is 2.51. The first-order valence-corrected chi connectivity index (χ1v) is 7.87. The van der Waals surface area contributed by atoms with Gasteiger partial charge in [-0.25, -0.2) is 0 Å². The predicted molar refractivity (Wildman–Crippen MR) is 82.3 cm³/mol. The van der Waals surface area contributed by atoms with Gasteiger partial charge in [-0.2, -0.15) is 0 Å². The summed E-state index contributed by atoms with van der Waals surface area (Å²) in [6.07, 6.45) is 5.52. The number of aliphatic carboxylic acids is 1. The van der Waals surface area contributed by atoms with E-state index in [4.69, 9.17) is 0 Å². The summed E-state index contributed by atoms with van der Waals surface area (Å²) in [6.45, 7) is 2.13. The van der Waals surface area contributed by atoms with E-state index in [1.165, 1.54) is 0 Å². The first-order chi connectivity index (χ1) is 10.1. The van der Waals surface area contributed by atoms with Gasteiger partial charge in [0.05, 0.1) is 6.42 Å². The van der Waals surface area contributed by atoms with Crippen molar-refractivity contribution in [3.05, 3.63) is 35.9 Å². The summed E-state index contributed by atoms with van der Waals surface area (Å²) in [4.78, 5) is 23.9. The number of hydrogen-bond donors (Lipinski definition) is 1. The molecule has 0 saturated heterocycles. The first kappa shape index (κ1) is 15.7. The molecule has 1 fully saturated rings. The van der Waals surface area contributed by atoms with Crippen LogP contribution in [0.25, 0.3) is 0 Å². The van der Waals surface area contributed by atoms with Gasteiger partial charge in [-0.15, -0.1) is 0 Å². The van der Waals surface area contributed by atoms with Crippen molar-refractivity contribution >= 4 is 11.8 Å². The molecular formula is C18H24O3. The first-order valence-electron chi connectivity index (χ1n) is 7.87. The van der Waals surface area contributed by atoms with Gasteiger partial charge in [-0.3, -0.25) is 9.59 Å². The molecule has 2 rings (SSSR count). The second-order valence-corrected chi connectivity index (χ2v) is 6.28. The van der Waals surface area contributed by atoms with Crippen molar-refractivity contribution in [1.82, 2.24) is 0 Å². The molecule has 114 valence electrons. The highest BCUT2D eigenvalue weighted by Gasteiger charge is 2.45. The van der Waals surface area contributed by atoms with Gasteiger partial charge in [0.15, 0.2) is 5.78 Å². The van der Waals surface area contributed by atoms with Gasteiger partial charge >= 0.3 is 5.97 Å². The standard InChI is InChI=1S/C18H24O3/c1-2-7-15-10-6-11-18(15,13-17(20)21)12-16(19)14-8-4-3-5-9-14/h3-5,8-9,15H,2,6-7,10-13H2,1H3,(H,20,21). The predicted octanol–water partition coefficient (Wildman–Crippen LogP) is 4.32. The quantitative estimate of drug-likeness (QED) is 0.760. The molecule has 1 aliphatic rings. The fourth-order valence-electron chi connectivity index (χ4n) is 3.88. The summed E-state index contributed by atoms with van der Waals surface area (Å²) in [5, 5.41) is 9.30. The topological polar surface area (TPSA) is 54.4 Å². The minimum Gasteiger partial charge on any atom is -0.481 e. The SMILES string of the molecule is CCCC1CCCC1(CC(=O)O)CC(=O)c1ccccc1. The number of benzene rings is 1. The Morgan fingerprint density at radius 1 is 1.24 bits per heavy atom. The second-order valence-electron chi connectivity index (χ2n) is 6.28. The second kappa shape index (κ2) is 6.88. The van der Waals surface area contributed by atoms with Gasteiger partial charge in [-0.1, -0.05) is 56.5 Å². The number of carbonyl (C=O) groups is 2. The van der Waals surface area contributed by atoms with Crippen molar-refractivity contribution in [2.45, 2.75) is 51.9 Å². The van der Waals surface area contributed by atoms with Crippen LogP contribution in [0.3, 0.4) is 0 Å². The molecule has 0 bridgehead atoms. The summed E-state index contributed by atoms with van der Waals surface area (Å²) in [5.74, 6) is -0.329. The lowest BCUT2D eigenvalue weighted by Crippen LogP contribution is -2.31. The maximum Gasteiger partial charge on any atom is 0.303 e. The smallest absolute Gasteiger partial charge is 0.303 e. The van der Waals surface area contributed by atoms with Crippen molar-refractivity contribution in [2.75, 3.05) is 0 Å². The number of hydrogen-bond acceptors (Lipinski definition) is 2. The molecule has 1 aromatic carbocycles. The highest BCUT2D eigenvalue weighted by atomic mass is 16.4. The fourth-order valence-corrected chi connectivity index (χ4v) is 3.88. The molecule has 0 amide bonds.